The lowest BCUT2D eigenvalue weighted by atomic mass is 10.0. The summed E-state index contributed by atoms with van der Waals surface area (Å²) in [6.45, 7) is 3.72. The van der Waals surface area contributed by atoms with Crippen molar-refractivity contribution in [2.75, 3.05) is 22.4 Å². The zero-order valence-electron chi connectivity index (χ0n) is 17.7. The molecule has 166 valence electrons. The summed E-state index contributed by atoms with van der Waals surface area (Å²) in [6, 6.07) is 10.7. The van der Waals surface area contributed by atoms with E-state index in [9.17, 15) is 13.2 Å². The van der Waals surface area contributed by atoms with Gasteiger partial charge in [0.05, 0.1) is 22.8 Å². The van der Waals surface area contributed by atoms with Crippen LogP contribution in [0.25, 0.3) is 0 Å². The largest absolute Gasteiger partial charge is 0.482 e. The van der Waals surface area contributed by atoms with Gasteiger partial charge >= 0.3 is 0 Å². The number of hydrogen-bond donors (Lipinski definition) is 0. The van der Waals surface area contributed by atoms with Crippen LogP contribution in [0.4, 0.5) is 11.4 Å². The van der Waals surface area contributed by atoms with Crippen molar-refractivity contribution in [2.45, 2.75) is 38.1 Å². The van der Waals surface area contributed by atoms with Crippen molar-refractivity contribution in [1.82, 2.24) is 10.1 Å². The summed E-state index contributed by atoms with van der Waals surface area (Å²) in [7, 11) is -3.82. The predicted molar refractivity (Wildman–Crippen MR) is 116 cm³/mol. The third-order valence-electron chi connectivity index (χ3n) is 5.70. The second-order valence-electron chi connectivity index (χ2n) is 7.89. The molecule has 0 bridgehead atoms. The summed E-state index contributed by atoms with van der Waals surface area (Å²) < 4.78 is 39.4. The average Bonchev–Trinajstić information content (AvgIpc) is 3.19. The number of amides is 1. The Morgan fingerprint density at radius 2 is 1.94 bits per heavy atom. The first kappa shape index (κ1) is 20.5. The van der Waals surface area contributed by atoms with Crippen molar-refractivity contribution in [2.24, 2.45) is 0 Å². The van der Waals surface area contributed by atoms with Gasteiger partial charge in [0, 0.05) is 19.5 Å². The lowest BCUT2D eigenvalue weighted by molar-refractivity contribution is -0.121. The molecule has 0 saturated heterocycles. The van der Waals surface area contributed by atoms with Gasteiger partial charge in [-0.25, -0.2) is 8.42 Å². The molecule has 10 heteroatoms. The Morgan fingerprint density at radius 1 is 1.12 bits per heavy atom. The maximum Gasteiger partial charge on any atom is 0.265 e. The summed E-state index contributed by atoms with van der Waals surface area (Å²) in [4.78, 5) is 18.3. The van der Waals surface area contributed by atoms with E-state index in [0.29, 0.717) is 40.9 Å². The van der Waals surface area contributed by atoms with E-state index in [2.05, 4.69) is 10.1 Å². The van der Waals surface area contributed by atoms with Crippen LogP contribution < -0.4 is 13.9 Å². The van der Waals surface area contributed by atoms with E-state index in [1.54, 1.807) is 19.9 Å². The summed E-state index contributed by atoms with van der Waals surface area (Å²) >= 11 is 0. The van der Waals surface area contributed by atoms with E-state index in [1.165, 1.54) is 15.3 Å². The van der Waals surface area contributed by atoms with Gasteiger partial charge in [-0.2, -0.15) is 4.98 Å². The summed E-state index contributed by atoms with van der Waals surface area (Å²) in [5.41, 5.74) is 2.74. The van der Waals surface area contributed by atoms with Crippen LogP contribution in [0.15, 0.2) is 45.8 Å². The second-order valence-corrected chi connectivity index (χ2v) is 9.72. The minimum absolute atomic E-state index is 0.109. The molecule has 3 aromatic rings. The van der Waals surface area contributed by atoms with E-state index < -0.39 is 10.0 Å². The van der Waals surface area contributed by atoms with Gasteiger partial charge in [-0.15, -0.1) is 0 Å². The zero-order valence-corrected chi connectivity index (χ0v) is 18.6. The van der Waals surface area contributed by atoms with E-state index in [-0.39, 0.29) is 24.0 Å². The molecule has 2 aliphatic heterocycles. The van der Waals surface area contributed by atoms with Crippen molar-refractivity contribution in [3.05, 3.63) is 59.2 Å². The van der Waals surface area contributed by atoms with Crippen molar-refractivity contribution >= 4 is 27.3 Å². The Morgan fingerprint density at radius 3 is 2.72 bits per heavy atom. The van der Waals surface area contributed by atoms with Gasteiger partial charge in [-0.1, -0.05) is 23.4 Å². The number of carbonyl (C=O) groups is 1. The van der Waals surface area contributed by atoms with E-state index in [0.717, 1.165) is 18.4 Å². The topological polar surface area (TPSA) is 106 Å². The average molecular weight is 455 g/mol. The number of anilines is 2. The number of aryl methyl sites for hydroxylation is 3. The van der Waals surface area contributed by atoms with Crippen molar-refractivity contribution in [3.8, 4) is 5.75 Å². The number of para-hydroxylation sites is 1. The first-order chi connectivity index (χ1) is 15.3. The maximum atomic E-state index is 13.7. The lowest BCUT2D eigenvalue weighted by Gasteiger charge is -2.32. The predicted octanol–water partition coefficient (Wildman–Crippen LogP) is 2.75. The molecule has 0 saturated carbocycles. The minimum Gasteiger partial charge on any atom is -0.482 e. The third-order valence-corrected chi connectivity index (χ3v) is 7.66. The van der Waals surface area contributed by atoms with E-state index in [1.807, 2.05) is 24.3 Å². The number of hydrogen-bond acceptors (Lipinski definition) is 7. The number of fused-ring (bicyclic) bond motifs is 2. The molecular weight excluding hydrogens is 432 g/mol. The number of aromatic nitrogens is 2. The smallest absolute Gasteiger partial charge is 0.265 e. The summed E-state index contributed by atoms with van der Waals surface area (Å²) in [6.07, 6.45) is 1.60. The molecular formula is C22H22N4O5S. The minimum atomic E-state index is -3.82. The molecule has 0 aliphatic carbocycles. The standard InChI is InChI=1S/C22H22N4O5S/c1-14-10-18-19(30-13-22(27)25(18)12-21-23-15(2)31-24-21)11-20(14)32(28,29)26-9-5-7-16-6-3-4-8-17(16)26/h3-4,6,8,10-11H,5,7,9,12-13H2,1-2H3. The molecule has 2 aromatic carbocycles. The Balaban J connectivity index is 1.54. The van der Waals surface area contributed by atoms with Gasteiger partial charge in [-0.05, 0) is 43.0 Å². The maximum absolute atomic E-state index is 13.7. The molecule has 0 atom stereocenters. The number of ether oxygens (including phenoxy) is 1. The Hall–Kier alpha value is -3.40. The molecule has 0 unspecified atom stereocenters. The van der Waals surface area contributed by atoms with Crippen LogP contribution in [-0.4, -0.2) is 37.6 Å². The van der Waals surface area contributed by atoms with Crippen LogP contribution in [-0.2, 0) is 27.8 Å². The normalized spacial score (nSPS) is 15.9. The highest BCUT2D eigenvalue weighted by Crippen LogP contribution is 2.39. The Kier molecular flexibility index (Phi) is 4.89. The first-order valence-corrected chi connectivity index (χ1v) is 11.8. The van der Waals surface area contributed by atoms with Crippen LogP contribution in [0.5, 0.6) is 5.75 Å². The van der Waals surface area contributed by atoms with E-state index in [4.69, 9.17) is 9.26 Å². The van der Waals surface area contributed by atoms with E-state index >= 15 is 0 Å². The summed E-state index contributed by atoms with van der Waals surface area (Å²) in [5.74, 6) is 0.836. The molecule has 3 heterocycles. The fourth-order valence-corrected chi connectivity index (χ4v) is 5.96. The number of nitrogens with zero attached hydrogens (tertiary/aromatic N) is 4. The Labute approximate surface area is 185 Å². The quantitative estimate of drug-likeness (QED) is 0.597. The highest BCUT2D eigenvalue weighted by Gasteiger charge is 2.34. The first-order valence-electron chi connectivity index (χ1n) is 10.3. The van der Waals surface area contributed by atoms with Crippen LogP contribution in [0, 0.1) is 13.8 Å². The van der Waals surface area contributed by atoms with Gasteiger partial charge < -0.3 is 9.26 Å². The SMILES string of the molecule is Cc1nc(CN2C(=O)COc3cc(S(=O)(=O)N4CCCc5ccccc54)c(C)cc32)no1. The van der Waals surface area contributed by atoms with Gasteiger partial charge in [0.15, 0.2) is 12.4 Å². The fourth-order valence-electron chi connectivity index (χ4n) is 4.20. The molecule has 0 radical (unpaired) electrons. The molecule has 0 spiro atoms. The number of sulfonamides is 1. The number of benzene rings is 2. The van der Waals surface area contributed by atoms with Gasteiger partial charge in [0.1, 0.15) is 5.75 Å². The Bertz CT molecular complexity index is 1320. The molecule has 2 aliphatic rings. The number of carbonyl (C=O) groups excluding carboxylic acids is 1. The zero-order chi connectivity index (χ0) is 22.5. The van der Waals surface area contributed by atoms with Gasteiger partial charge in [-0.3, -0.25) is 14.0 Å². The number of rotatable bonds is 4. The molecule has 9 nitrogen and oxygen atoms in total. The third kappa shape index (κ3) is 3.40. The highest BCUT2D eigenvalue weighted by atomic mass is 32.2. The molecule has 1 aromatic heterocycles. The van der Waals surface area contributed by atoms with Crippen LogP contribution in [0.3, 0.4) is 0 Å². The van der Waals surface area contributed by atoms with Crippen molar-refractivity contribution in [1.29, 1.82) is 0 Å². The van der Waals surface area contributed by atoms with Crippen LogP contribution in [0.1, 0.15) is 29.3 Å². The van der Waals surface area contributed by atoms with Gasteiger partial charge in [0.25, 0.3) is 15.9 Å². The van der Waals surface area contributed by atoms with Gasteiger partial charge in [0.2, 0.25) is 5.89 Å². The lowest BCUT2D eigenvalue weighted by Crippen LogP contribution is -2.39. The molecule has 32 heavy (non-hydrogen) atoms. The molecule has 1 amide bonds. The van der Waals surface area contributed by atoms with Crippen LogP contribution in [0.2, 0.25) is 0 Å². The fraction of sp³-hybridized carbons (Fsp3) is 0.318. The van der Waals surface area contributed by atoms with Crippen molar-refractivity contribution in [3.63, 3.8) is 0 Å². The van der Waals surface area contributed by atoms with Crippen molar-refractivity contribution < 1.29 is 22.5 Å². The summed E-state index contributed by atoms with van der Waals surface area (Å²) in [5, 5.41) is 3.86. The monoisotopic (exact) mass is 454 g/mol. The second kappa shape index (κ2) is 7.63. The molecule has 5 rings (SSSR count). The molecule has 0 N–H and O–H groups in total. The van der Waals surface area contributed by atoms with Crippen LogP contribution >= 0.6 is 0 Å². The highest BCUT2D eigenvalue weighted by molar-refractivity contribution is 7.92. The molecule has 0 fully saturated rings.